The van der Waals surface area contributed by atoms with Gasteiger partial charge in [0.25, 0.3) is 0 Å². The molecule has 0 aliphatic carbocycles. The van der Waals surface area contributed by atoms with E-state index in [4.69, 9.17) is 20.0 Å². The molecule has 0 bridgehead atoms. The second-order valence-electron chi connectivity index (χ2n) is 7.80. The standard InChI is InChI=1S/C15H11F2NOS.C15H11F2NO/c1-2-19-12-5-3-10(4-6-12)11-7-13(16)15(20-9-18)14(17)8-11;1-2-19-12-5-3-10(4-6-12)11-7-14(16)13(9-18)15(17)8-11/h3-8H,2H2,1H3;3-8H,2H2,1H3. The van der Waals surface area contributed by atoms with Crippen LogP contribution in [0.1, 0.15) is 19.4 Å². The summed E-state index contributed by atoms with van der Waals surface area (Å²) < 4.78 is 65.1. The third-order valence-electron chi connectivity index (χ3n) is 5.30. The topological polar surface area (TPSA) is 66.0 Å². The molecule has 0 atom stereocenters. The number of thioether (sulfide) groups is 1. The fourth-order valence-corrected chi connectivity index (χ4v) is 3.94. The minimum atomic E-state index is -0.855. The van der Waals surface area contributed by atoms with Crippen molar-refractivity contribution in [3.8, 4) is 45.2 Å². The number of hydrogen-bond donors (Lipinski definition) is 0. The molecule has 0 aliphatic heterocycles. The summed E-state index contributed by atoms with van der Waals surface area (Å²) in [6.45, 7) is 4.87. The van der Waals surface area contributed by atoms with Crippen molar-refractivity contribution in [3.05, 3.63) is 102 Å². The second-order valence-corrected chi connectivity index (χ2v) is 8.60. The van der Waals surface area contributed by atoms with Crippen LogP contribution in [0.25, 0.3) is 22.3 Å². The lowest BCUT2D eigenvalue weighted by atomic mass is 10.0. The number of rotatable bonds is 7. The number of thiocyanates is 1. The fraction of sp³-hybridized carbons (Fsp3) is 0.133. The van der Waals surface area contributed by atoms with E-state index >= 15 is 0 Å². The molecule has 4 aromatic carbocycles. The number of nitriles is 2. The summed E-state index contributed by atoms with van der Waals surface area (Å²) in [5.41, 5.74) is 1.59. The maximum Gasteiger partial charge on any atom is 0.144 e. The molecule has 198 valence electrons. The van der Waals surface area contributed by atoms with Crippen LogP contribution in [0.15, 0.2) is 77.7 Å². The first kappa shape index (κ1) is 29.1. The summed E-state index contributed by atoms with van der Waals surface area (Å²) in [7, 11) is 0. The van der Waals surface area contributed by atoms with Crippen LogP contribution in [0.5, 0.6) is 11.5 Å². The van der Waals surface area contributed by atoms with E-state index < -0.39 is 28.8 Å². The molecule has 4 rings (SSSR count). The molecule has 0 saturated heterocycles. The highest BCUT2D eigenvalue weighted by Crippen LogP contribution is 2.31. The minimum absolute atomic E-state index is 0.276. The number of hydrogen-bond acceptors (Lipinski definition) is 5. The van der Waals surface area contributed by atoms with Gasteiger partial charge in [-0.1, -0.05) is 24.3 Å². The average molecular weight is 551 g/mol. The van der Waals surface area contributed by atoms with Crippen molar-refractivity contribution >= 4 is 11.8 Å². The lowest BCUT2D eigenvalue weighted by Gasteiger charge is -2.07. The second kappa shape index (κ2) is 13.9. The Morgan fingerprint density at radius 2 is 1.00 bits per heavy atom. The van der Waals surface area contributed by atoms with Gasteiger partial charge in [-0.15, -0.1) is 0 Å². The van der Waals surface area contributed by atoms with Gasteiger partial charge < -0.3 is 9.47 Å². The highest BCUT2D eigenvalue weighted by molar-refractivity contribution is 8.03. The Morgan fingerprint density at radius 1 is 0.615 bits per heavy atom. The SMILES string of the molecule is CCOc1ccc(-c2cc(F)c(C#N)c(F)c2)cc1.CCOc1ccc(-c2cc(F)c(SC#N)c(F)c2)cc1. The van der Waals surface area contributed by atoms with Crippen LogP contribution < -0.4 is 9.47 Å². The molecule has 9 heteroatoms. The van der Waals surface area contributed by atoms with Crippen LogP contribution in [0.4, 0.5) is 17.6 Å². The van der Waals surface area contributed by atoms with Crippen molar-refractivity contribution in [2.24, 2.45) is 0 Å². The Bertz CT molecular complexity index is 1470. The number of nitrogens with zero attached hydrogens (tertiary/aromatic N) is 2. The average Bonchev–Trinajstić information content (AvgIpc) is 2.92. The van der Waals surface area contributed by atoms with Gasteiger partial charge in [-0.05, 0) is 96.4 Å². The molecule has 0 heterocycles. The molecule has 0 spiro atoms. The van der Waals surface area contributed by atoms with Gasteiger partial charge in [0.1, 0.15) is 51.8 Å². The monoisotopic (exact) mass is 550 g/mol. The van der Waals surface area contributed by atoms with E-state index in [1.807, 2.05) is 13.8 Å². The molecule has 4 nitrogen and oxygen atoms in total. The predicted molar refractivity (Wildman–Crippen MR) is 142 cm³/mol. The van der Waals surface area contributed by atoms with Crippen molar-refractivity contribution in [2.75, 3.05) is 13.2 Å². The van der Waals surface area contributed by atoms with Crippen LogP contribution in [-0.4, -0.2) is 13.2 Å². The molecule has 0 radical (unpaired) electrons. The van der Waals surface area contributed by atoms with E-state index in [0.717, 1.165) is 12.1 Å². The van der Waals surface area contributed by atoms with Crippen LogP contribution >= 0.6 is 11.8 Å². The molecule has 0 amide bonds. The zero-order valence-electron chi connectivity index (χ0n) is 21.0. The molecule has 0 fully saturated rings. The number of ether oxygens (including phenoxy) is 2. The Labute approximate surface area is 228 Å². The maximum atomic E-state index is 13.7. The van der Waals surface area contributed by atoms with Gasteiger partial charge in [-0.25, -0.2) is 17.6 Å². The highest BCUT2D eigenvalue weighted by Gasteiger charge is 2.13. The Balaban J connectivity index is 0.000000216. The Morgan fingerprint density at radius 3 is 1.33 bits per heavy atom. The van der Waals surface area contributed by atoms with Gasteiger partial charge in [0.05, 0.1) is 18.1 Å². The van der Waals surface area contributed by atoms with E-state index in [9.17, 15) is 17.6 Å². The Hall–Kier alpha value is -4.47. The van der Waals surface area contributed by atoms with Crippen LogP contribution in [0.3, 0.4) is 0 Å². The molecular formula is C30H22F4N2O2S. The van der Waals surface area contributed by atoms with Gasteiger partial charge >= 0.3 is 0 Å². The van der Waals surface area contributed by atoms with Crippen molar-refractivity contribution in [1.82, 2.24) is 0 Å². The van der Waals surface area contributed by atoms with E-state index in [1.165, 1.54) is 18.2 Å². The molecule has 4 aromatic rings. The van der Waals surface area contributed by atoms with Crippen molar-refractivity contribution in [3.63, 3.8) is 0 Å². The fourth-order valence-electron chi connectivity index (χ4n) is 3.54. The third-order valence-corrected chi connectivity index (χ3v) is 5.98. The lowest BCUT2D eigenvalue weighted by Crippen LogP contribution is -1.93. The summed E-state index contributed by atoms with van der Waals surface area (Å²) in [5.74, 6) is -1.78. The summed E-state index contributed by atoms with van der Waals surface area (Å²) in [6, 6.07) is 20.1. The largest absolute Gasteiger partial charge is 0.494 e. The van der Waals surface area contributed by atoms with Crippen molar-refractivity contribution in [1.29, 1.82) is 10.5 Å². The maximum absolute atomic E-state index is 13.7. The van der Waals surface area contributed by atoms with Gasteiger partial charge in [0.2, 0.25) is 0 Å². The van der Waals surface area contributed by atoms with Crippen LogP contribution in [0.2, 0.25) is 0 Å². The predicted octanol–water partition coefficient (Wildman–Crippen LogP) is 8.51. The van der Waals surface area contributed by atoms with Gasteiger partial charge in [-0.2, -0.15) is 10.5 Å². The number of halogens is 4. The Kier molecular flexibility index (Phi) is 10.4. The molecule has 0 aliphatic rings. The van der Waals surface area contributed by atoms with Crippen molar-refractivity contribution in [2.45, 2.75) is 18.7 Å². The van der Waals surface area contributed by atoms with E-state index in [1.54, 1.807) is 53.9 Å². The van der Waals surface area contributed by atoms with E-state index in [-0.39, 0.29) is 4.90 Å². The summed E-state index contributed by atoms with van der Waals surface area (Å²) in [6.07, 6.45) is 0. The van der Waals surface area contributed by atoms with E-state index in [2.05, 4.69) is 0 Å². The van der Waals surface area contributed by atoms with Gasteiger partial charge in [0, 0.05) is 0 Å². The quantitative estimate of drug-likeness (QED) is 0.131. The first-order valence-electron chi connectivity index (χ1n) is 11.7. The molecule has 0 aromatic heterocycles. The zero-order chi connectivity index (χ0) is 28.4. The highest BCUT2D eigenvalue weighted by atomic mass is 32.2. The molecular weight excluding hydrogens is 528 g/mol. The minimum Gasteiger partial charge on any atom is -0.494 e. The van der Waals surface area contributed by atoms with Crippen LogP contribution in [-0.2, 0) is 0 Å². The molecule has 39 heavy (non-hydrogen) atoms. The molecule has 0 unspecified atom stereocenters. The first-order chi connectivity index (χ1) is 18.8. The van der Waals surface area contributed by atoms with E-state index in [0.29, 0.717) is 58.7 Å². The van der Waals surface area contributed by atoms with Crippen LogP contribution in [0, 0.1) is 45.3 Å². The molecule has 0 N–H and O–H groups in total. The summed E-state index contributed by atoms with van der Waals surface area (Å²) in [4.78, 5) is -0.276. The van der Waals surface area contributed by atoms with Gasteiger partial charge in [0.15, 0.2) is 0 Å². The lowest BCUT2D eigenvalue weighted by molar-refractivity contribution is 0.340. The van der Waals surface area contributed by atoms with Gasteiger partial charge in [-0.3, -0.25) is 0 Å². The number of benzene rings is 4. The summed E-state index contributed by atoms with van der Waals surface area (Å²) >= 11 is 0.477. The first-order valence-corrected chi connectivity index (χ1v) is 12.5. The molecule has 0 saturated carbocycles. The summed E-state index contributed by atoms with van der Waals surface area (Å²) in [5, 5.41) is 18.8. The smallest absolute Gasteiger partial charge is 0.144 e. The zero-order valence-corrected chi connectivity index (χ0v) is 21.8. The normalized spacial score (nSPS) is 10.1. The van der Waals surface area contributed by atoms with Crippen molar-refractivity contribution < 1.29 is 27.0 Å². The third kappa shape index (κ3) is 7.53.